The van der Waals surface area contributed by atoms with E-state index in [1.165, 1.54) is 21.3 Å². The van der Waals surface area contributed by atoms with Crippen LogP contribution in [0.25, 0.3) is 11.2 Å². The van der Waals surface area contributed by atoms with Crippen molar-refractivity contribution in [3.8, 4) is 5.69 Å². The van der Waals surface area contributed by atoms with Gasteiger partial charge >= 0.3 is 0 Å². The predicted octanol–water partition coefficient (Wildman–Crippen LogP) is 1.66. The van der Waals surface area contributed by atoms with Crippen LogP contribution in [-0.2, 0) is 0 Å². The smallest absolute Gasteiger partial charge is 0.285 e. The van der Waals surface area contributed by atoms with Crippen LogP contribution in [0, 0.1) is 5.82 Å². The fourth-order valence-electron chi connectivity index (χ4n) is 2.61. The summed E-state index contributed by atoms with van der Waals surface area (Å²) in [6.45, 7) is 0.896. The molecule has 1 N–H and O–H groups in total. The normalized spacial score (nSPS) is 17.9. The van der Waals surface area contributed by atoms with Gasteiger partial charge in [0.1, 0.15) is 0 Å². The van der Waals surface area contributed by atoms with Crippen LogP contribution in [0.15, 0.2) is 47.4 Å². The summed E-state index contributed by atoms with van der Waals surface area (Å²) in [5.74, 6) is 0.0610. The van der Waals surface area contributed by atoms with E-state index in [0.29, 0.717) is 11.5 Å². The molecule has 1 unspecified atom stereocenters. The predicted molar refractivity (Wildman–Crippen MR) is 76.1 cm³/mol. The average molecular weight is 284 g/mol. The Morgan fingerprint density at radius 1 is 1.24 bits per heavy atom. The highest BCUT2D eigenvalue weighted by atomic mass is 19.1. The molecule has 2 aromatic heterocycles. The second-order valence-corrected chi connectivity index (χ2v) is 5.09. The number of nitrogens with zero attached hydrogens (tertiary/aromatic N) is 3. The van der Waals surface area contributed by atoms with Gasteiger partial charge in [0.15, 0.2) is 17.2 Å². The topological polar surface area (TPSA) is 51.3 Å². The molecule has 0 amide bonds. The maximum atomic E-state index is 13.8. The Bertz CT molecular complexity index is 865. The van der Waals surface area contributed by atoms with E-state index in [-0.39, 0.29) is 17.1 Å². The molecule has 6 heteroatoms. The summed E-state index contributed by atoms with van der Waals surface area (Å²) in [5, 5.41) is 7.67. The monoisotopic (exact) mass is 284 g/mol. The third-order valence-electron chi connectivity index (χ3n) is 3.81. The summed E-state index contributed by atoms with van der Waals surface area (Å²) in [6, 6.07) is 10.5. The lowest BCUT2D eigenvalue weighted by Gasteiger charge is -2.28. The van der Waals surface area contributed by atoms with Gasteiger partial charge in [-0.05, 0) is 31.2 Å². The quantitative estimate of drug-likeness (QED) is 0.778. The van der Waals surface area contributed by atoms with Crippen molar-refractivity contribution in [2.75, 3.05) is 6.54 Å². The van der Waals surface area contributed by atoms with E-state index in [1.54, 1.807) is 0 Å². The zero-order chi connectivity index (χ0) is 14.4. The number of para-hydroxylation sites is 1. The fourth-order valence-corrected chi connectivity index (χ4v) is 2.61. The molecule has 106 valence electrons. The second kappa shape index (κ2) is 4.53. The van der Waals surface area contributed by atoms with Crippen LogP contribution in [0.2, 0.25) is 0 Å². The first-order valence-electron chi connectivity index (χ1n) is 6.84. The first kappa shape index (κ1) is 12.3. The van der Waals surface area contributed by atoms with Gasteiger partial charge in [0, 0.05) is 6.20 Å². The molecule has 5 nitrogen and oxygen atoms in total. The largest absolute Gasteiger partial charge is 0.307 e. The highest BCUT2D eigenvalue weighted by Gasteiger charge is 2.26. The Kier molecular flexibility index (Phi) is 2.65. The SMILES string of the molecule is O=c1c2c(F)ccn2nc(C2CCN2)n1-c1ccccc1. The molecule has 0 saturated carbocycles. The molecule has 3 heterocycles. The van der Waals surface area contributed by atoms with Crippen molar-refractivity contribution in [2.24, 2.45) is 0 Å². The number of rotatable bonds is 2. The number of aromatic nitrogens is 3. The minimum absolute atomic E-state index is 0.0211. The van der Waals surface area contributed by atoms with Gasteiger partial charge in [-0.1, -0.05) is 18.2 Å². The summed E-state index contributed by atoms with van der Waals surface area (Å²) in [6.07, 6.45) is 2.39. The minimum Gasteiger partial charge on any atom is -0.307 e. The Hall–Kier alpha value is -2.47. The van der Waals surface area contributed by atoms with Crippen molar-refractivity contribution in [2.45, 2.75) is 12.5 Å². The first-order chi connectivity index (χ1) is 10.3. The van der Waals surface area contributed by atoms with Gasteiger partial charge in [0.25, 0.3) is 5.56 Å². The molecule has 4 rings (SSSR count). The van der Waals surface area contributed by atoms with Gasteiger partial charge in [-0.15, -0.1) is 0 Å². The summed E-state index contributed by atoms with van der Waals surface area (Å²) < 4.78 is 16.7. The van der Waals surface area contributed by atoms with Crippen molar-refractivity contribution in [3.63, 3.8) is 0 Å². The van der Waals surface area contributed by atoms with Gasteiger partial charge in [-0.3, -0.25) is 9.36 Å². The van der Waals surface area contributed by atoms with E-state index in [2.05, 4.69) is 10.4 Å². The Morgan fingerprint density at radius 3 is 2.67 bits per heavy atom. The highest BCUT2D eigenvalue weighted by Crippen LogP contribution is 2.22. The van der Waals surface area contributed by atoms with Crippen molar-refractivity contribution < 1.29 is 4.39 Å². The van der Waals surface area contributed by atoms with Crippen molar-refractivity contribution in [1.82, 2.24) is 19.5 Å². The molecular formula is C15H13FN4O. The molecule has 1 aliphatic rings. The lowest BCUT2D eigenvalue weighted by Crippen LogP contribution is -2.40. The average Bonchev–Trinajstić information content (AvgIpc) is 2.80. The van der Waals surface area contributed by atoms with E-state index in [1.807, 2.05) is 30.3 Å². The number of hydrogen-bond donors (Lipinski definition) is 1. The maximum absolute atomic E-state index is 13.8. The van der Waals surface area contributed by atoms with E-state index >= 15 is 0 Å². The minimum atomic E-state index is -0.551. The van der Waals surface area contributed by atoms with Crippen LogP contribution < -0.4 is 10.9 Å². The first-order valence-corrected chi connectivity index (χ1v) is 6.84. The third-order valence-corrected chi connectivity index (χ3v) is 3.81. The third kappa shape index (κ3) is 1.80. The Balaban J connectivity index is 2.08. The molecule has 0 aliphatic carbocycles. The molecule has 1 atom stereocenters. The molecule has 1 fully saturated rings. The van der Waals surface area contributed by atoms with Crippen LogP contribution in [0.3, 0.4) is 0 Å². The molecule has 21 heavy (non-hydrogen) atoms. The molecule has 0 spiro atoms. The number of benzene rings is 1. The Labute approximate surface area is 119 Å². The van der Waals surface area contributed by atoms with Crippen LogP contribution >= 0.6 is 0 Å². The van der Waals surface area contributed by atoms with Gasteiger partial charge in [0.05, 0.1) is 11.7 Å². The van der Waals surface area contributed by atoms with Gasteiger partial charge in [-0.2, -0.15) is 5.10 Å². The maximum Gasteiger partial charge on any atom is 0.285 e. The van der Waals surface area contributed by atoms with Gasteiger partial charge < -0.3 is 5.32 Å². The Morgan fingerprint density at radius 2 is 2.00 bits per heavy atom. The summed E-state index contributed by atoms with van der Waals surface area (Å²) in [7, 11) is 0. The van der Waals surface area contributed by atoms with Crippen LogP contribution in [-0.4, -0.2) is 20.7 Å². The zero-order valence-electron chi connectivity index (χ0n) is 11.2. The molecule has 3 aromatic rings. The van der Waals surface area contributed by atoms with Crippen LogP contribution in [0.4, 0.5) is 4.39 Å². The zero-order valence-corrected chi connectivity index (χ0v) is 11.2. The number of fused-ring (bicyclic) bond motifs is 1. The van der Waals surface area contributed by atoms with Crippen LogP contribution in [0.1, 0.15) is 18.3 Å². The number of hydrogen-bond acceptors (Lipinski definition) is 3. The molecule has 0 bridgehead atoms. The highest BCUT2D eigenvalue weighted by molar-refractivity contribution is 5.49. The summed E-state index contributed by atoms with van der Waals surface area (Å²) in [4.78, 5) is 12.7. The number of halogens is 1. The van der Waals surface area contributed by atoms with Gasteiger partial charge in [0.2, 0.25) is 0 Å². The molecular weight excluding hydrogens is 271 g/mol. The van der Waals surface area contributed by atoms with Crippen molar-refractivity contribution in [3.05, 3.63) is 64.6 Å². The summed E-state index contributed by atoms with van der Waals surface area (Å²) >= 11 is 0. The lowest BCUT2D eigenvalue weighted by atomic mass is 10.1. The second-order valence-electron chi connectivity index (χ2n) is 5.09. The number of nitrogens with one attached hydrogen (secondary N) is 1. The summed E-state index contributed by atoms with van der Waals surface area (Å²) in [5.41, 5.74) is 0.283. The van der Waals surface area contributed by atoms with Crippen molar-refractivity contribution >= 4 is 5.52 Å². The van der Waals surface area contributed by atoms with Crippen molar-refractivity contribution in [1.29, 1.82) is 0 Å². The molecule has 0 radical (unpaired) electrons. The van der Waals surface area contributed by atoms with E-state index in [0.717, 1.165) is 13.0 Å². The molecule has 1 saturated heterocycles. The van der Waals surface area contributed by atoms with E-state index in [9.17, 15) is 9.18 Å². The van der Waals surface area contributed by atoms with E-state index < -0.39 is 5.82 Å². The molecule has 1 aliphatic heterocycles. The molecule has 1 aromatic carbocycles. The van der Waals surface area contributed by atoms with Crippen LogP contribution in [0.5, 0.6) is 0 Å². The standard InChI is InChI=1S/C15H13FN4O/c16-11-7-9-19-13(11)15(21)20(10-4-2-1-3-5-10)14(18-19)12-6-8-17-12/h1-5,7,9,12,17H,6,8H2. The van der Waals surface area contributed by atoms with Gasteiger partial charge in [-0.25, -0.2) is 8.91 Å². The van der Waals surface area contributed by atoms with E-state index in [4.69, 9.17) is 0 Å². The fraction of sp³-hybridized carbons (Fsp3) is 0.200. The lowest BCUT2D eigenvalue weighted by molar-refractivity contribution is 0.353.